The number of thioether (sulfide) groups is 1. The maximum Gasteiger partial charge on any atom is 0.224 e. The smallest absolute Gasteiger partial charge is 0.224 e. The average molecular weight is 232 g/mol. The summed E-state index contributed by atoms with van der Waals surface area (Å²) in [6.45, 7) is 4.58. The molecule has 90 valence electrons. The molecule has 0 aromatic rings. The summed E-state index contributed by atoms with van der Waals surface area (Å²) in [7, 11) is 0. The largest absolute Gasteiger partial charge is 0.353 e. The lowest BCUT2D eigenvalue weighted by molar-refractivity contribution is -0.125. The Morgan fingerprint density at radius 1 is 1.47 bits per heavy atom. The van der Waals surface area contributed by atoms with Crippen LogP contribution in [0.25, 0.3) is 0 Å². The minimum atomic E-state index is -0.00766. The zero-order chi connectivity index (χ0) is 11.7. The van der Waals surface area contributed by atoms with Crippen molar-refractivity contribution in [3.63, 3.8) is 0 Å². The summed E-state index contributed by atoms with van der Waals surface area (Å²) < 4.78 is 0. The highest BCUT2D eigenvalue weighted by molar-refractivity contribution is 7.98. The van der Waals surface area contributed by atoms with Gasteiger partial charge in [-0.2, -0.15) is 11.8 Å². The first-order chi connectivity index (χ1) is 7.15. The van der Waals surface area contributed by atoms with Gasteiger partial charge >= 0.3 is 0 Å². The molecule has 0 aromatic carbocycles. The summed E-state index contributed by atoms with van der Waals surface area (Å²) in [6, 6.07) is 0.260. The van der Waals surface area contributed by atoms with Gasteiger partial charge in [0, 0.05) is 12.6 Å². The molecular formula is C11H24N2OS. The predicted molar refractivity (Wildman–Crippen MR) is 68.1 cm³/mol. The fourth-order valence-electron chi connectivity index (χ4n) is 1.43. The van der Waals surface area contributed by atoms with Crippen molar-refractivity contribution in [1.29, 1.82) is 0 Å². The highest BCUT2D eigenvalue weighted by Crippen LogP contribution is 2.06. The fraction of sp³-hybridized carbons (Fsp3) is 0.909. The number of amides is 1. The summed E-state index contributed by atoms with van der Waals surface area (Å²) in [5.41, 5.74) is 5.57. The Hall–Kier alpha value is -0.220. The molecule has 2 unspecified atom stereocenters. The topological polar surface area (TPSA) is 55.1 Å². The quantitative estimate of drug-likeness (QED) is 0.668. The van der Waals surface area contributed by atoms with E-state index in [4.69, 9.17) is 5.73 Å². The lowest BCUT2D eigenvalue weighted by Gasteiger charge is -2.18. The lowest BCUT2D eigenvalue weighted by Crippen LogP contribution is -2.40. The fourth-order valence-corrected chi connectivity index (χ4v) is 2.02. The minimum Gasteiger partial charge on any atom is -0.353 e. The van der Waals surface area contributed by atoms with Crippen molar-refractivity contribution in [2.24, 2.45) is 11.7 Å². The van der Waals surface area contributed by atoms with E-state index in [1.165, 1.54) is 0 Å². The molecule has 3 nitrogen and oxygen atoms in total. The van der Waals surface area contributed by atoms with Crippen LogP contribution < -0.4 is 11.1 Å². The number of nitrogens with one attached hydrogen (secondary N) is 1. The highest BCUT2D eigenvalue weighted by atomic mass is 32.2. The molecule has 15 heavy (non-hydrogen) atoms. The summed E-state index contributed by atoms with van der Waals surface area (Å²) in [5, 5.41) is 3.02. The van der Waals surface area contributed by atoms with Crippen molar-refractivity contribution in [3.05, 3.63) is 0 Å². The molecule has 0 aliphatic carbocycles. The second-order valence-corrected chi connectivity index (χ2v) is 4.90. The Kier molecular flexibility index (Phi) is 8.91. The van der Waals surface area contributed by atoms with Gasteiger partial charge < -0.3 is 11.1 Å². The summed E-state index contributed by atoms with van der Waals surface area (Å²) in [6.07, 6.45) is 5.00. The molecule has 0 heterocycles. The van der Waals surface area contributed by atoms with E-state index in [1.54, 1.807) is 11.8 Å². The van der Waals surface area contributed by atoms with Gasteiger partial charge in [0.2, 0.25) is 5.91 Å². The van der Waals surface area contributed by atoms with Crippen LogP contribution in [0, 0.1) is 5.92 Å². The first kappa shape index (κ1) is 14.8. The van der Waals surface area contributed by atoms with E-state index in [0.717, 1.165) is 25.0 Å². The maximum absolute atomic E-state index is 11.7. The summed E-state index contributed by atoms with van der Waals surface area (Å²) in [4.78, 5) is 11.7. The highest BCUT2D eigenvalue weighted by Gasteiger charge is 2.17. The normalized spacial score (nSPS) is 14.7. The van der Waals surface area contributed by atoms with Crippen LogP contribution >= 0.6 is 11.8 Å². The zero-order valence-corrected chi connectivity index (χ0v) is 10.9. The van der Waals surface area contributed by atoms with Gasteiger partial charge in [-0.05, 0) is 31.8 Å². The van der Waals surface area contributed by atoms with E-state index in [2.05, 4.69) is 18.5 Å². The van der Waals surface area contributed by atoms with Gasteiger partial charge in [-0.3, -0.25) is 4.79 Å². The molecule has 0 rings (SSSR count). The van der Waals surface area contributed by atoms with Crippen LogP contribution in [0.2, 0.25) is 0 Å². The third kappa shape index (κ3) is 6.79. The van der Waals surface area contributed by atoms with E-state index in [0.29, 0.717) is 6.54 Å². The van der Waals surface area contributed by atoms with Gasteiger partial charge in [-0.25, -0.2) is 0 Å². The van der Waals surface area contributed by atoms with E-state index >= 15 is 0 Å². The minimum absolute atomic E-state index is 0.00766. The molecule has 4 heteroatoms. The predicted octanol–water partition coefficient (Wildman–Crippen LogP) is 1.62. The first-order valence-electron chi connectivity index (χ1n) is 5.65. The molecule has 0 saturated carbocycles. The maximum atomic E-state index is 11.7. The van der Waals surface area contributed by atoms with Crippen LogP contribution in [-0.2, 0) is 4.79 Å². The molecule has 0 radical (unpaired) electrons. The van der Waals surface area contributed by atoms with Crippen LogP contribution in [-0.4, -0.2) is 30.5 Å². The Labute approximate surface area is 97.6 Å². The van der Waals surface area contributed by atoms with Gasteiger partial charge in [0.15, 0.2) is 0 Å². The summed E-state index contributed by atoms with van der Waals surface area (Å²) >= 11 is 1.81. The number of hydrogen-bond acceptors (Lipinski definition) is 3. The molecule has 0 spiro atoms. The Bertz CT molecular complexity index is 176. The average Bonchev–Trinajstić information content (AvgIpc) is 2.22. The molecule has 3 N–H and O–H groups in total. The van der Waals surface area contributed by atoms with Crippen LogP contribution in [0.1, 0.15) is 33.1 Å². The molecule has 1 amide bonds. The third-order valence-electron chi connectivity index (χ3n) is 2.44. The van der Waals surface area contributed by atoms with Crippen molar-refractivity contribution in [1.82, 2.24) is 5.32 Å². The van der Waals surface area contributed by atoms with Gasteiger partial charge in [0.05, 0.1) is 5.92 Å². The lowest BCUT2D eigenvalue weighted by atomic mass is 10.0. The Morgan fingerprint density at radius 3 is 2.60 bits per heavy atom. The van der Waals surface area contributed by atoms with Gasteiger partial charge in [0.25, 0.3) is 0 Å². The molecule has 0 aromatic heterocycles. The molecule has 0 bridgehead atoms. The molecule has 0 aliphatic heterocycles. The Morgan fingerprint density at radius 2 is 2.13 bits per heavy atom. The van der Waals surface area contributed by atoms with Crippen LogP contribution in [0.5, 0.6) is 0 Å². The molecule has 2 atom stereocenters. The molecule has 0 aliphatic rings. The monoisotopic (exact) mass is 232 g/mol. The summed E-state index contributed by atoms with van der Waals surface area (Å²) in [5.74, 6) is 1.20. The van der Waals surface area contributed by atoms with Crippen molar-refractivity contribution in [3.8, 4) is 0 Å². The van der Waals surface area contributed by atoms with Crippen molar-refractivity contribution >= 4 is 17.7 Å². The van der Waals surface area contributed by atoms with Crippen LogP contribution in [0.15, 0.2) is 0 Å². The van der Waals surface area contributed by atoms with E-state index < -0.39 is 0 Å². The number of nitrogens with two attached hydrogens (primary N) is 1. The second kappa shape index (κ2) is 9.04. The van der Waals surface area contributed by atoms with E-state index in [9.17, 15) is 4.79 Å². The van der Waals surface area contributed by atoms with Crippen molar-refractivity contribution < 1.29 is 4.79 Å². The second-order valence-electron chi connectivity index (χ2n) is 3.91. The standard InChI is InChI=1S/C11H24N2OS/c1-4-5-10(8-12)11(14)13-9(2)6-7-15-3/h9-10H,4-8,12H2,1-3H3,(H,13,14). The third-order valence-corrected chi connectivity index (χ3v) is 3.08. The number of carbonyl (C=O) groups excluding carboxylic acids is 1. The molecule has 0 saturated heterocycles. The SMILES string of the molecule is CCCC(CN)C(=O)NC(C)CCSC. The van der Waals surface area contributed by atoms with Crippen molar-refractivity contribution in [2.75, 3.05) is 18.6 Å². The zero-order valence-electron chi connectivity index (χ0n) is 10.1. The Balaban J connectivity index is 3.87. The first-order valence-corrected chi connectivity index (χ1v) is 7.04. The van der Waals surface area contributed by atoms with E-state index in [1.807, 2.05) is 6.92 Å². The van der Waals surface area contributed by atoms with Gasteiger partial charge in [-0.15, -0.1) is 0 Å². The number of rotatable bonds is 8. The number of hydrogen-bond donors (Lipinski definition) is 2. The van der Waals surface area contributed by atoms with Crippen molar-refractivity contribution in [2.45, 2.75) is 39.2 Å². The van der Waals surface area contributed by atoms with Gasteiger partial charge in [-0.1, -0.05) is 13.3 Å². The molecular weight excluding hydrogens is 208 g/mol. The number of carbonyl (C=O) groups is 1. The van der Waals surface area contributed by atoms with E-state index in [-0.39, 0.29) is 17.9 Å². The van der Waals surface area contributed by atoms with Gasteiger partial charge in [0.1, 0.15) is 0 Å². The van der Waals surface area contributed by atoms with Crippen LogP contribution in [0.3, 0.4) is 0 Å². The molecule has 0 fully saturated rings. The van der Waals surface area contributed by atoms with Crippen LogP contribution in [0.4, 0.5) is 0 Å².